The van der Waals surface area contributed by atoms with Crippen LogP contribution in [0.5, 0.6) is 0 Å². The first-order chi connectivity index (χ1) is 9.04. The number of carboxylic acids is 2. The van der Waals surface area contributed by atoms with Gasteiger partial charge in [-0.3, -0.25) is 9.59 Å². The quantitative estimate of drug-likeness (QED) is 0.499. The average Bonchev–Trinajstić information content (AvgIpc) is 2.30. The zero-order valence-corrected chi connectivity index (χ0v) is 13.1. The van der Waals surface area contributed by atoms with Gasteiger partial charge < -0.3 is 10.2 Å². The van der Waals surface area contributed by atoms with E-state index in [1.807, 2.05) is 0 Å². The van der Waals surface area contributed by atoms with E-state index in [1.54, 1.807) is 38.2 Å². The molecule has 0 aromatic rings. The first-order valence-corrected chi connectivity index (χ1v) is 6.98. The molecule has 0 fully saturated rings. The van der Waals surface area contributed by atoms with Gasteiger partial charge >= 0.3 is 11.9 Å². The van der Waals surface area contributed by atoms with E-state index in [4.69, 9.17) is 33.4 Å². The lowest BCUT2D eigenvalue weighted by Gasteiger charge is -2.16. The minimum absolute atomic E-state index is 0.000112. The Kier molecular flexibility index (Phi) is 7.91. The van der Waals surface area contributed by atoms with E-state index in [-0.39, 0.29) is 12.8 Å². The van der Waals surface area contributed by atoms with Crippen LogP contribution in [0.3, 0.4) is 0 Å². The van der Waals surface area contributed by atoms with Gasteiger partial charge in [0, 0.05) is 12.8 Å². The molecule has 2 atom stereocenters. The number of hydrogen-bond donors (Lipinski definition) is 2. The molecule has 0 amide bonds. The Morgan fingerprint density at radius 1 is 0.900 bits per heavy atom. The SMILES string of the molecule is CC(Cl)(/C=C\C=C\C(C)(Cl)CCC(=O)O)CCC(=O)O. The molecule has 0 aromatic heterocycles. The molecule has 4 nitrogen and oxygen atoms in total. The lowest BCUT2D eigenvalue weighted by atomic mass is 10.0. The predicted octanol–water partition coefficient (Wildman–Crippen LogP) is 3.82. The Balaban J connectivity index is 4.36. The molecular formula is C14H20Cl2O4. The summed E-state index contributed by atoms with van der Waals surface area (Å²) in [5.41, 5.74) is 0. The van der Waals surface area contributed by atoms with Gasteiger partial charge in [-0.15, -0.1) is 23.2 Å². The van der Waals surface area contributed by atoms with Crippen LogP contribution in [0.1, 0.15) is 39.5 Å². The number of halogens is 2. The van der Waals surface area contributed by atoms with Gasteiger partial charge in [-0.05, 0) is 26.7 Å². The molecule has 0 bridgehead atoms. The van der Waals surface area contributed by atoms with Crippen LogP contribution < -0.4 is 0 Å². The van der Waals surface area contributed by atoms with Crippen molar-refractivity contribution >= 4 is 35.1 Å². The Morgan fingerprint density at radius 2 is 1.20 bits per heavy atom. The van der Waals surface area contributed by atoms with E-state index < -0.39 is 21.7 Å². The van der Waals surface area contributed by atoms with Crippen molar-refractivity contribution in [1.29, 1.82) is 0 Å². The molecule has 0 saturated carbocycles. The molecule has 0 heterocycles. The van der Waals surface area contributed by atoms with Crippen molar-refractivity contribution in [2.45, 2.75) is 49.3 Å². The fourth-order valence-corrected chi connectivity index (χ4v) is 1.72. The third kappa shape index (κ3) is 10.9. The number of hydrogen-bond acceptors (Lipinski definition) is 2. The molecule has 0 saturated heterocycles. The van der Waals surface area contributed by atoms with Crippen LogP contribution in [-0.2, 0) is 9.59 Å². The second kappa shape index (κ2) is 8.32. The molecule has 0 aliphatic carbocycles. The minimum atomic E-state index is -0.886. The number of carboxylic acid groups (broad SMARTS) is 2. The highest BCUT2D eigenvalue weighted by molar-refractivity contribution is 6.25. The molecule has 114 valence electrons. The van der Waals surface area contributed by atoms with E-state index in [1.165, 1.54) is 0 Å². The number of alkyl halides is 2. The minimum Gasteiger partial charge on any atom is -0.481 e. The molecule has 0 spiro atoms. The lowest BCUT2D eigenvalue weighted by molar-refractivity contribution is -0.138. The molecule has 0 aliphatic rings. The summed E-state index contributed by atoms with van der Waals surface area (Å²) in [4.78, 5) is 19.5. The summed E-state index contributed by atoms with van der Waals surface area (Å²) >= 11 is 12.3. The topological polar surface area (TPSA) is 74.6 Å². The normalized spacial score (nSPS) is 18.0. The number of carbonyl (C=O) groups is 2. The van der Waals surface area contributed by atoms with Gasteiger partial charge in [-0.25, -0.2) is 0 Å². The fraction of sp³-hybridized carbons (Fsp3) is 0.571. The summed E-state index contributed by atoms with van der Waals surface area (Å²) in [5.74, 6) is -1.77. The maximum Gasteiger partial charge on any atom is 0.303 e. The van der Waals surface area contributed by atoms with E-state index >= 15 is 0 Å². The van der Waals surface area contributed by atoms with Crippen molar-refractivity contribution < 1.29 is 19.8 Å². The summed E-state index contributed by atoms with van der Waals surface area (Å²) in [5, 5.41) is 17.2. The van der Waals surface area contributed by atoms with E-state index in [0.29, 0.717) is 12.8 Å². The van der Waals surface area contributed by atoms with Crippen molar-refractivity contribution in [2.75, 3.05) is 0 Å². The van der Waals surface area contributed by atoms with Crippen molar-refractivity contribution in [3.8, 4) is 0 Å². The summed E-state index contributed by atoms with van der Waals surface area (Å²) in [6.07, 6.45) is 7.42. The predicted molar refractivity (Wildman–Crippen MR) is 80.5 cm³/mol. The standard InChI is InChI=1S/C14H20Cl2O4/c1-13(15,9-5-11(17)18)7-3-4-8-14(2,16)10-6-12(19)20/h3-4,7-8H,5-6,9-10H2,1-2H3,(H,17,18)(H,19,20)/b7-3-,8-4+. The van der Waals surface area contributed by atoms with Gasteiger partial charge in [0.25, 0.3) is 0 Å². The molecule has 2 unspecified atom stereocenters. The molecule has 0 rings (SSSR count). The molecule has 20 heavy (non-hydrogen) atoms. The summed E-state index contributed by atoms with van der Waals surface area (Å²) < 4.78 is 0. The van der Waals surface area contributed by atoms with Crippen LogP contribution in [0.15, 0.2) is 24.3 Å². The summed E-state index contributed by atoms with van der Waals surface area (Å²) in [6.45, 7) is 3.46. The lowest BCUT2D eigenvalue weighted by Crippen LogP contribution is -2.15. The van der Waals surface area contributed by atoms with Crippen molar-refractivity contribution in [3.05, 3.63) is 24.3 Å². The number of allylic oxidation sites excluding steroid dienone is 4. The maximum absolute atomic E-state index is 10.5. The first-order valence-electron chi connectivity index (χ1n) is 6.22. The number of aliphatic carboxylic acids is 2. The van der Waals surface area contributed by atoms with E-state index in [9.17, 15) is 9.59 Å². The summed E-state index contributed by atoms with van der Waals surface area (Å²) in [6, 6.07) is 0. The van der Waals surface area contributed by atoms with E-state index in [0.717, 1.165) is 0 Å². The highest BCUT2D eigenvalue weighted by Gasteiger charge is 2.19. The second-order valence-corrected chi connectivity index (χ2v) is 6.79. The van der Waals surface area contributed by atoms with Gasteiger partial charge in [0.15, 0.2) is 0 Å². The third-order valence-electron chi connectivity index (χ3n) is 2.65. The van der Waals surface area contributed by atoms with Crippen molar-refractivity contribution in [1.82, 2.24) is 0 Å². The molecule has 0 aliphatic heterocycles. The van der Waals surface area contributed by atoms with Gasteiger partial charge in [-0.2, -0.15) is 0 Å². The average molecular weight is 323 g/mol. The Bertz CT molecular complexity index is 360. The Morgan fingerprint density at radius 3 is 1.45 bits per heavy atom. The van der Waals surface area contributed by atoms with Crippen molar-refractivity contribution in [2.24, 2.45) is 0 Å². The highest BCUT2D eigenvalue weighted by atomic mass is 35.5. The van der Waals surface area contributed by atoms with Gasteiger partial charge in [0.05, 0.1) is 9.75 Å². The molecule has 2 N–H and O–H groups in total. The monoisotopic (exact) mass is 322 g/mol. The van der Waals surface area contributed by atoms with Crippen LogP contribution in [-0.4, -0.2) is 31.9 Å². The summed E-state index contributed by atoms with van der Waals surface area (Å²) in [7, 11) is 0. The van der Waals surface area contributed by atoms with Crippen LogP contribution in [0.2, 0.25) is 0 Å². The fourth-order valence-electron chi connectivity index (χ4n) is 1.38. The Labute approximate surface area is 129 Å². The smallest absolute Gasteiger partial charge is 0.303 e. The van der Waals surface area contributed by atoms with Gasteiger partial charge in [0.2, 0.25) is 0 Å². The molecular weight excluding hydrogens is 303 g/mol. The van der Waals surface area contributed by atoms with Crippen LogP contribution in [0, 0.1) is 0 Å². The molecule has 6 heteroatoms. The van der Waals surface area contributed by atoms with Gasteiger partial charge in [-0.1, -0.05) is 24.3 Å². The molecule has 0 aromatic carbocycles. The maximum atomic E-state index is 10.5. The van der Waals surface area contributed by atoms with Crippen LogP contribution >= 0.6 is 23.2 Å². The third-order valence-corrected chi connectivity index (χ3v) is 3.28. The van der Waals surface area contributed by atoms with Crippen LogP contribution in [0.4, 0.5) is 0 Å². The van der Waals surface area contributed by atoms with E-state index in [2.05, 4.69) is 0 Å². The zero-order valence-electron chi connectivity index (χ0n) is 11.6. The van der Waals surface area contributed by atoms with Crippen LogP contribution in [0.25, 0.3) is 0 Å². The largest absolute Gasteiger partial charge is 0.481 e. The number of rotatable bonds is 9. The van der Waals surface area contributed by atoms with Crippen molar-refractivity contribution in [3.63, 3.8) is 0 Å². The second-order valence-electron chi connectivity index (χ2n) is 5.06. The Hall–Kier alpha value is -1.00. The highest BCUT2D eigenvalue weighted by Crippen LogP contribution is 2.24. The first kappa shape index (κ1) is 19.0. The van der Waals surface area contributed by atoms with Gasteiger partial charge in [0.1, 0.15) is 0 Å². The molecule has 0 radical (unpaired) electrons. The zero-order chi connectivity index (χ0) is 15.8.